The normalized spacial score (nSPS) is 11.3. The molecule has 0 aliphatic carbocycles. The summed E-state index contributed by atoms with van der Waals surface area (Å²) in [6.45, 7) is 2.11. The van der Waals surface area contributed by atoms with E-state index < -0.39 is 28.3 Å². The van der Waals surface area contributed by atoms with Crippen LogP contribution in [0.2, 0.25) is 0 Å². The number of fused-ring (bicyclic) bond motifs is 3. The van der Waals surface area contributed by atoms with Crippen LogP contribution in [0.1, 0.15) is 29.3 Å². The van der Waals surface area contributed by atoms with Crippen LogP contribution in [0.3, 0.4) is 0 Å². The minimum atomic E-state index is -1.24. The zero-order valence-electron chi connectivity index (χ0n) is 15.5. The minimum absolute atomic E-state index is 0.000502. The molecule has 0 aliphatic heterocycles. The van der Waals surface area contributed by atoms with Gasteiger partial charge in [0, 0.05) is 10.9 Å². The molecule has 146 valence electrons. The highest BCUT2D eigenvalue weighted by molar-refractivity contribution is 6.67. The van der Waals surface area contributed by atoms with Crippen LogP contribution in [0, 0.1) is 17.5 Å². The second kappa shape index (κ2) is 7.53. The van der Waals surface area contributed by atoms with E-state index in [9.17, 15) is 13.6 Å². The Morgan fingerprint density at radius 1 is 0.862 bits per heavy atom. The van der Waals surface area contributed by atoms with Gasteiger partial charge < -0.3 is 0 Å². The summed E-state index contributed by atoms with van der Waals surface area (Å²) in [5, 5.41) is 1.77. The fourth-order valence-corrected chi connectivity index (χ4v) is 3.92. The molecule has 0 unspecified atom stereocenters. The van der Waals surface area contributed by atoms with Crippen molar-refractivity contribution in [1.29, 1.82) is 0 Å². The average molecular weight is 413 g/mol. The van der Waals surface area contributed by atoms with Crippen molar-refractivity contribution in [3.05, 3.63) is 83.2 Å². The predicted octanol–water partition coefficient (Wildman–Crippen LogP) is 7.41. The molecule has 0 bridgehead atoms. The van der Waals surface area contributed by atoms with Gasteiger partial charge in [0.2, 0.25) is 0 Å². The van der Waals surface area contributed by atoms with E-state index in [0.29, 0.717) is 5.39 Å². The fourth-order valence-electron chi connectivity index (χ4n) is 3.74. The first kappa shape index (κ1) is 19.5. The molecule has 4 rings (SSSR count). The zero-order chi connectivity index (χ0) is 20.7. The SMILES string of the molecule is CCCc1ccc2c(ccc3c(F)c(-c4cc(F)c(C(=O)Cl)c(F)c4)ccc32)c1. The molecule has 0 atom stereocenters. The van der Waals surface area contributed by atoms with Crippen LogP contribution in [0.5, 0.6) is 0 Å². The predicted molar refractivity (Wildman–Crippen MR) is 111 cm³/mol. The highest BCUT2D eigenvalue weighted by atomic mass is 35.5. The quantitative estimate of drug-likeness (QED) is 0.252. The van der Waals surface area contributed by atoms with Gasteiger partial charge in [-0.05, 0) is 57.4 Å². The maximum absolute atomic E-state index is 15.3. The van der Waals surface area contributed by atoms with Crippen LogP contribution in [-0.4, -0.2) is 5.24 Å². The maximum atomic E-state index is 15.3. The van der Waals surface area contributed by atoms with Gasteiger partial charge in [0.05, 0.1) is 0 Å². The summed E-state index contributed by atoms with van der Waals surface area (Å²) in [6, 6.07) is 14.7. The Labute approximate surface area is 170 Å². The molecule has 4 aromatic carbocycles. The standard InChI is InChI=1S/C24H16ClF3O/c1-2-3-13-4-6-16-14(10-13)5-7-19-18(16)9-8-17(23(19)28)15-11-20(26)22(24(25)29)21(27)12-15/h4-12H,2-3H2,1H3. The van der Waals surface area contributed by atoms with Gasteiger partial charge in [-0.15, -0.1) is 0 Å². The number of rotatable bonds is 4. The molecule has 29 heavy (non-hydrogen) atoms. The monoisotopic (exact) mass is 412 g/mol. The summed E-state index contributed by atoms with van der Waals surface area (Å²) in [5.74, 6) is -2.83. The number of hydrogen-bond acceptors (Lipinski definition) is 1. The maximum Gasteiger partial charge on any atom is 0.258 e. The summed E-state index contributed by atoms with van der Waals surface area (Å²) in [5.41, 5.74) is 0.423. The number of carbonyl (C=O) groups excluding carboxylic acids is 1. The lowest BCUT2D eigenvalue weighted by atomic mass is 9.95. The zero-order valence-corrected chi connectivity index (χ0v) is 16.3. The Kier molecular flexibility index (Phi) is 5.05. The molecule has 0 heterocycles. The molecule has 1 nitrogen and oxygen atoms in total. The molecule has 0 saturated heterocycles. The van der Waals surface area contributed by atoms with Gasteiger partial charge in [-0.2, -0.15) is 0 Å². The van der Waals surface area contributed by atoms with Crippen molar-refractivity contribution in [2.45, 2.75) is 19.8 Å². The molecule has 0 saturated carbocycles. The van der Waals surface area contributed by atoms with Crippen molar-refractivity contribution in [3.8, 4) is 11.1 Å². The molecule has 0 radical (unpaired) electrons. The molecular weight excluding hydrogens is 397 g/mol. The van der Waals surface area contributed by atoms with Gasteiger partial charge in [-0.1, -0.05) is 55.8 Å². The Morgan fingerprint density at radius 3 is 2.17 bits per heavy atom. The summed E-state index contributed by atoms with van der Waals surface area (Å²) < 4.78 is 43.5. The van der Waals surface area contributed by atoms with E-state index in [-0.39, 0.29) is 11.1 Å². The van der Waals surface area contributed by atoms with Gasteiger partial charge in [0.25, 0.3) is 5.24 Å². The highest BCUT2D eigenvalue weighted by Crippen LogP contribution is 2.34. The summed E-state index contributed by atoms with van der Waals surface area (Å²) in [6.07, 6.45) is 2.01. The van der Waals surface area contributed by atoms with Crippen molar-refractivity contribution < 1.29 is 18.0 Å². The van der Waals surface area contributed by atoms with Crippen LogP contribution in [-0.2, 0) is 6.42 Å². The smallest absolute Gasteiger partial charge is 0.258 e. The van der Waals surface area contributed by atoms with Crippen LogP contribution in [0.15, 0.2) is 54.6 Å². The second-order valence-corrected chi connectivity index (χ2v) is 7.33. The molecular formula is C24H16ClF3O. The minimum Gasteiger partial charge on any atom is -0.275 e. The van der Waals surface area contributed by atoms with Gasteiger partial charge in [-0.25, -0.2) is 13.2 Å². The van der Waals surface area contributed by atoms with Gasteiger partial charge in [-0.3, -0.25) is 4.79 Å². The van der Waals surface area contributed by atoms with Crippen molar-refractivity contribution in [2.24, 2.45) is 0 Å². The first-order chi connectivity index (χ1) is 13.9. The topological polar surface area (TPSA) is 17.1 Å². The number of hydrogen-bond donors (Lipinski definition) is 0. The third-order valence-electron chi connectivity index (χ3n) is 5.10. The van der Waals surface area contributed by atoms with E-state index >= 15 is 4.39 Å². The Morgan fingerprint density at radius 2 is 1.52 bits per heavy atom. The summed E-state index contributed by atoms with van der Waals surface area (Å²) in [7, 11) is 0. The number of halogens is 4. The van der Waals surface area contributed by atoms with E-state index in [4.69, 9.17) is 11.6 Å². The summed E-state index contributed by atoms with van der Waals surface area (Å²) in [4.78, 5) is 11.2. The third kappa shape index (κ3) is 3.38. The van der Waals surface area contributed by atoms with Gasteiger partial charge in [0.15, 0.2) is 0 Å². The van der Waals surface area contributed by atoms with Crippen LogP contribution < -0.4 is 0 Å². The Bertz CT molecular complexity index is 1260. The van der Waals surface area contributed by atoms with E-state index in [1.54, 1.807) is 12.1 Å². The average Bonchev–Trinajstić information content (AvgIpc) is 2.67. The van der Waals surface area contributed by atoms with Gasteiger partial charge >= 0.3 is 0 Å². The highest BCUT2D eigenvalue weighted by Gasteiger charge is 2.19. The molecule has 0 spiro atoms. The van der Waals surface area contributed by atoms with Crippen LogP contribution >= 0.6 is 11.6 Å². The summed E-state index contributed by atoms with van der Waals surface area (Å²) >= 11 is 5.21. The van der Waals surface area contributed by atoms with E-state index in [0.717, 1.165) is 41.1 Å². The Balaban J connectivity index is 1.90. The molecule has 0 aromatic heterocycles. The molecule has 5 heteroatoms. The van der Waals surface area contributed by atoms with E-state index in [1.807, 2.05) is 18.2 Å². The fraction of sp³-hybridized carbons (Fsp3) is 0.125. The number of aryl methyl sites for hydroxylation is 1. The van der Waals surface area contributed by atoms with E-state index in [2.05, 4.69) is 13.0 Å². The lowest BCUT2D eigenvalue weighted by Crippen LogP contribution is -2.01. The lowest BCUT2D eigenvalue weighted by molar-refractivity contribution is 0.107. The molecule has 4 aromatic rings. The van der Waals surface area contributed by atoms with Gasteiger partial charge in [0.1, 0.15) is 23.0 Å². The second-order valence-electron chi connectivity index (χ2n) is 6.98. The van der Waals surface area contributed by atoms with Crippen LogP contribution in [0.4, 0.5) is 13.2 Å². The van der Waals surface area contributed by atoms with Crippen LogP contribution in [0.25, 0.3) is 32.7 Å². The Hall–Kier alpha value is -2.85. The van der Waals surface area contributed by atoms with Crippen molar-refractivity contribution >= 4 is 38.4 Å². The largest absolute Gasteiger partial charge is 0.275 e. The molecule has 0 fully saturated rings. The van der Waals surface area contributed by atoms with Crippen molar-refractivity contribution in [2.75, 3.05) is 0 Å². The molecule has 0 amide bonds. The van der Waals surface area contributed by atoms with E-state index in [1.165, 1.54) is 11.6 Å². The first-order valence-electron chi connectivity index (χ1n) is 9.23. The molecule has 0 N–H and O–H groups in total. The third-order valence-corrected chi connectivity index (χ3v) is 5.29. The molecule has 0 aliphatic rings. The van der Waals surface area contributed by atoms with Crippen molar-refractivity contribution in [3.63, 3.8) is 0 Å². The number of carbonyl (C=O) groups is 1. The first-order valence-corrected chi connectivity index (χ1v) is 9.61. The number of benzene rings is 4. The van der Waals surface area contributed by atoms with Crippen molar-refractivity contribution in [1.82, 2.24) is 0 Å². The lowest BCUT2D eigenvalue weighted by Gasteiger charge is -2.11.